The van der Waals surface area contributed by atoms with Gasteiger partial charge in [-0.05, 0) is 62.9 Å². The molecule has 1 amide bonds. The van der Waals surface area contributed by atoms with Crippen LogP contribution in [0.3, 0.4) is 0 Å². The number of benzene rings is 2. The van der Waals surface area contributed by atoms with Gasteiger partial charge in [-0.25, -0.2) is 0 Å². The number of amides is 1. The summed E-state index contributed by atoms with van der Waals surface area (Å²) in [6.45, 7) is 7.77. The molecule has 1 atom stereocenters. The molecule has 0 aromatic heterocycles. The molecule has 1 unspecified atom stereocenters. The molecule has 1 aliphatic rings. The number of guanidine groups is 1. The van der Waals surface area contributed by atoms with E-state index < -0.39 is 0 Å². The van der Waals surface area contributed by atoms with Gasteiger partial charge in [-0.3, -0.25) is 9.79 Å². The van der Waals surface area contributed by atoms with Crippen molar-refractivity contribution in [2.24, 2.45) is 4.99 Å². The Hall–Kier alpha value is -2.29. The fourth-order valence-corrected chi connectivity index (χ4v) is 3.91. The molecular formula is C25H36IN5O. The Morgan fingerprint density at radius 2 is 1.97 bits per heavy atom. The van der Waals surface area contributed by atoms with Crippen molar-refractivity contribution in [3.63, 3.8) is 0 Å². The monoisotopic (exact) mass is 549 g/mol. The molecule has 0 bridgehead atoms. The summed E-state index contributed by atoms with van der Waals surface area (Å²) in [6, 6.07) is 16.9. The second-order valence-electron chi connectivity index (χ2n) is 8.06. The van der Waals surface area contributed by atoms with Gasteiger partial charge in [-0.1, -0.05) is 29.8 Å². The number of carbonyl (C=O) groups excluding carboxylic acids is 1. The molecule has 2 aromatic rings. The number of aryl methyl sites for hydroxylation is 1. The third-order valence-corrected chi connectivity index (χ3v) is 5.59. The van der Waals surface area contributed by atoms with Crippen molar-refractivity contribution in [1.29, 1.82) is 0 Å². The molecule has 2 aromatic carbocycles. The van der Waals surface area contributed by atoms with Gasteiger partial charge < -0.3 is 20.9 Å². The van der Waals surface area contributed by atoms with Gasteiger partial charge in [-0.15, -0.1) is 24.0 Å². The fourth-order valence-electron chi connectivity index (χ4n) is 3.91. The maximum absolute atomic E-state index is 11.8. The van der Waals surface area contributed by atoms with Gasteiger partial charge in [0.15, 0.2) is 5.96 Å². The third-order valence-electron chi connectivity index (χ3n) is 5.59. The molecule has 0 aliphatic carbocycles. The van der Waals surface area contributed by atoms with Crippen molar-refractivity contribution in [2.75, 3.05) is 38.1 Å². The summed E-state index contributed by atoms with van der Waals surface area (Å²) >= 11 is 0. The minimum absolute atomic E-state index is 0. The molecule has 174 valence electrons. The van der Waals surface area contributed by atoms with Gasteiger partial charge >= 0.3 is 0 Å². The molecule has 0 spiro atoms. The highest BCUT2D eigenvalue weighted by atomic mass is 127. The van der Waals surface area contributed by atoms with Gasteiger partial charge in [0.1, 0.15) is 0 Å². The van der Waals surface area contributed by atoms with E-state index in [1.54, 1.807) is 7.05 Å². The van der Waals surface area contributed by atoms with Crippen LogP contribution in [0.5, 0.6) is 0 Å². The lowest BCUT2D eigenvalue weighted by atomic mass is 10.0. The number of nitrogens with zero attached hydrogens (tertiary/aromatic N) is 2. The lowest BCUT2D eigenvalue weighted by Crippen LogP contribution is -2.51. The maximum atomic E-state index is 11.8. The molecule has 1 fully saturated rings. The lowest BCUT2D eigenvalue weighted by Gasteiger charge is -2.35. The number of halogens is 1. The SMILES string of the molecule is CCNC(=NCCc1cccc(C(=O)NC)c1)NC1CCCN(c2ccc(C)cc2)C1.I. The van der Waals surface area contributed by atoms with Crippen molar-refractivity contribution in [3.8, 4) is 0 Å². The number of rotatable bonds is 7. The summed E-state index contributed by atoms with van der Waals surface area (Å²) in [7, 11) is 1.65. The van der Waals surface area contributed by atoms with E-state index in [1.165, 1.54) is 11.3 Å². The summed E-state index contributed by atoms with van der Waals surface area (Å²) in [5, 5.41) is 9.67. The van der Waals surface area contributed by atoms with Crippen LogP contribution in [0.1, 0.15) is 41.3 Å². The molecule has 1 heterocycles. The lowest BCUT2D eigenvalue weighted by molar-refractivity contribution is 0.0963. The second-order valence-corrected chi connectivity index (χ2v) is 8.06. The van der Waals surface area contributed by atoms with Crippen LogP contribution in [-0.4, -0.2) is 51.1 Å². The first-order chi connectivity index (χ1) is 15.1. The zero-order valence-electron chi connectivity index (χ0n) is 19.4. The third kappa shape index (κ3) is 7.69. The Labute approximate surface area is 209 Å². The number of anilines is 1. The normalized spacial score (nSPS) is 16.2. The molecule has 32 heavy (non-hydrogen) atoms. The van der Waals surface area contributed by atoms with Gasteiger partial charge in [0, 0.05) is 50.5 Å². The molecule has 1 saturated heterocycles. The minimum Gasteiger partial charge on any atom is -0.369 e. The highest BCUT2D eigenvalue weighted by molar-refractivity contribution is 14.0. The van der Waals surface area contributed by atoms with E-state index in [1.807, 2.05) is 24.3 Å². The highest BCUT2D eigenvalue weighted by Gasteiger charge is 2.21. The van der Waals surface area contributed by atoms with Gasteiger partial charge in [0.2, 0.25) is 0 Å². The molecule has 3 N–H and O–H groups in total. The number of nitrogens with one attached hydrogen (secondary N) is 3. The average molecular weight is 550 g/mol. The first-order valence-electron chi connectivity index (χ1n) is 11.3. The standard InChI is InChI=1S/C25H35N5O.HI/c1-4-27-25(28-15-14-20-7-5-8-21(17-20)24(31)26-3)29-22-9-6-16-30(18-22)23-12-10-19(2)11-13-23;/h5,7-8,10-13,17,22H,4,6,9,14-16,18H2,1-3H3,(H,26,31)(H2,27,28,29);1H. The van der Waals surface area contributed by atoms with Crippen LogP contribution in [0.2, 0.25) is 0 Å². The number of hydrogen-bond acceptors (Lipinski definition) is 3. The summed E-state index contributed by atoms with van der Waals surface area (Å²) in [6.07, 6.45) is 3.10. The van der Waals surface area contributed by atoms with E-state index in [9.17, 15) is 4.79 Å². The Balaban J connectivity index is 0.00000363. The first kappa shape index (κ1) is 26.0. The van der Waals surface area contributed by atoms with E-state index >= 15 is 0 Å². The summed E-state index contributed by atoms with van der Waals surface area (Å²) < 4.78 is 0. The Kier molecular flexibility index (Phi) is 10.8. The average Bonchev–Trinajstić information content (AvgIpc) is 2.79. The maximum Gasteiger partial charge on any atom is 0.251 e. The molecule has 6 nitrogen and oxygen atoms in total. The number of hydrogen-bond donors (Lipinski definition) is 3. The van der Waals surface area contributed by atoms with Crippen molar-refractivity contribution in [2.45, 2.75) is 39.2 Å². The van der Waals surface area contributed by atoms with Crippen LogP contribution < -0.4 is 20.9 Å². The predicted octanol–water partition coefficient (Wildman–Crippen LogP) is 3.74. The fraction of sp³-hybridized carbons (Fsp3) is 0.440. The summed E-state index contributed by atoms with van der Waals surface area (Å²) in [4.78, 5) is 19.1. The highest BCUT2D eigenvalue weighted by Crippen LogP contribution is 2.20. The largest absolute Gasteiger partial charge is 0.369 e. The van der Waals surface area contributed by atoms with Crippen LogP contribution in [0.4, 0.5) is 5.69 Å². The Bertz CT molecular complexity index is 884. The van der Waals surface area contributed by atoms with Gasteiger partial charge in [-0.2, -0.15) is 0 Å². The van der Waals surface area contributed by atoms with Crippen molar-refractivity contribution in [3.05, 3.63) is 65.2 Å². The smallest absolute Gasteiger partial charge is 0.251 e. The Morgan fingerprint density at radius 3 is 2.69 bits per heavy atom. The number of aliphatic imine (C=N–C) groups is 1. The summed E-state index contributed by atoms with van der Waals surface area (Å²) in [5.41, 5.74) is 4.38. The van der Waals surface area contributed by atoms with Crippen LogP contribution in [0.15, 0.2) is 53.5 Å². The Morgan fingerprint density at radius 1 is 1.19 bits per heavy atom. The zero-order chi connectivity index (χ0) is 22.1. The van der Waals surface area contributed by atoms with Crippen LogP contribution in [-0.2, 0) is 6.42 Å². The zero-order valence-corrected chi connectivity index (χ0v) is 21.7. The van der Waals surface area contributed by atoms with Gasteiger partial charge in [0.05, 0.1) is 0 Å². The van der Waals surface area contributed by atoms with E-state index in [-0.39, 0.29) is 29.9 Å². The second kappa shape index (κ2) is 13.3. The van der Waals surface area contributed by atoms with Crippen molar-refractivity contribution >= 4 is 41.5 Å². The predicted molar refractivity (Wildman–Crippen MR) is 144 cm³/mol. The number of carbonyl (C=O) groups is 1. The molecule has 3 rings (SSSR count). The molecular weight excluding hydrogens is 513 g/mol. The van der Waals surface area contributed by atoms with E-state index in [0.717, 1.165) is 50.4 Å². The molecule has 7 heteroatoms. The molecule has 1 aliphatic heterocycles. The summed E-state index contributed by atoms with van der Waals surface area (Å²) in [5.74, 6) is 0.802. The quantitative estimate of drug-likeness (QED) is 0.280. The van der Waals surface area contributed by atoms with E-state index in [0.29, 0.717) is 18.2 Å². The minimum atomic E-state index is -0.0595. The van der Waals surface area contributed by atoms with Crippen LogP contribution in [0, 0.1) is 6.92 Å². The van der Waals surface area contributed by atoms with E-state index in [2.05, 4.69) is 59.0 Å². The molecule has 0 saturated carbocycles. The number of piperidine rings is 1. The van der Waals surface area contributed by atoms with Crippen molar-refractivity contribution in [1.82, 2.24) is 16.0 Å². The first-order valence-corrected chi connectivity index (χ1v) is 11.3. The van der Waals surface area contributed by atoms with Gasteiger partial charge in [0.25, 0.3) is 5.91 Å². The topological polar surface area (TPSA) is 68.8 Å². The van der Waals surface area contributed by atoms with Crippen LogP contribution >= 0.6 is 24.0 Å². The van der Waals surface area contributed by atoms with E-state index in [4.69, 9.17) is 4.99 Å². The molecule has 0 radical (unpaired) electrons. The van der Waals surface area contributed by atoms with Crippen LogP contribution in [0.25, 0.3) is 0 Å². The van der Waals surface area contributed by atoms with Crippen molar-refractivity contribution < 1.29 is 4.79 Å².